The number of ether oxygens (including phenoxy) is 3. The van der Waals surface area contributed by atoms with Crippen molar-refractivity contribution in [3.05, 3.63) is 23.9 Å². The molecule has 348 valence electrons. The summed E-state index contributed by atoms with van der Waals surface area (Å²) in [6.07, 6.45) is -11.3. The van der Waals surface area contributed by atoms with Gasteiger partial charge in [-0.3, -0.25) is 19.1 Å². The summed E-state index contributed by atoms with van der Waals surface area (Å²) in [7, 11) is -4.38. The summed E-state index contributed by atoms with van der Waals surface area (Å²) in [5, 5.41) is 4.91. The molecule has 4 amide bonds. The number of fused-ring (bicyclic) bond motifs is 5. The Labute approximate surface area is 358 Å². The van der Waals surface area contributed by atoms with Gasteiger partial charge in [0.1, 0.15) is 35.6 Å². The van der Waals surface area contributed by atoms with Crippen LogP contribution in [0.15, 0.2) is 18.2 Å². The monoisotopic (exact) mass is 922 g/mol. The van der Waals surface area contributed by atoms with Gasteiger partial charge in [0, 0.05) is 18.4 Å². The molecule has 23 heteroatoms. The summed E-state index contributed by atoms with van der Waals surface area (Å²) in [5.74, 6) is -12.0. The average Bonchev–Trinajstić information content (AvgIpc) is 4.12. The largest absolute Gasteiger partial charge is 0.573 e. The van der Waals surface area contributed by atoms with E-state index in [1.165, 1.54) is 6.92 Å². The zero-order valence-corrected chi connectivity index (χ0v) is 35.8. The van der Waals surface area contributed by atoms with Crippen molar-refractivity contribution >= 4 is 44.9 Å². The van der Waals surface area contributed by atoms with Gasteiger partial charge in [-0.1, -0.05) is 34.1 Å². The Kier molecular flexibility index (Phi) is 11.8. The van der Waals surface area contributed by atoms with Crippen molar-refractivity contribution in [1.29, 1.82) is 0 Å². The molecule has 1 aromatic carbocycles. The highest BCUT2D eigenvalue weighted by molar-refractivity contribution is 7.91. The van der Waals surface area contributed by atoms with Crippen molar-refractivity contribution in [1.82, 2.24) is 30.2 Å². The van der Waals surface area contributed by atoms with Crippen LogP contribution in [0.4, 0.5) is 35.5 Å². The first-order valence-electron chi connectivity index (χ1n) is 20.8. The number of alkyl carbamates (subject to hydrolysis) is 1. The molecular formula is C40H49F7N6O9S. The zero-order valence-electron chi connectivity index (χ0n) is 35.0. The highest BCUT2D eigenvalue weighted by atomic mass is 32.2. The van der Waals surface area contributed by atoms with Crippen LogP contribution < -0.4 is 24.8 Å². The number of rotatable bonds is 8. The molecule has 3 saturated carbocycles. The Hall–Kier alpha value is -4.70. The zero-order chi connectivity index (χ0) is 46.2. The summed E-state index contributed by atoms with van der Waals surface area (Å²) in [5.41, 5.74) is -5.09. The van der Waals surface area contributed by atoms with Gasteiger partial charge in [-0.05, 0) is 75.3 Å². The lowest BCUT2D eigenvalue weighted by Gasteiger charge is -2.36. The SMILES string of the molecule is CC[C@@H]1[C@@H]2CN(C(=O)[C@H](C(C)(C)C)NC(=O)O[C@@H]3CC3CCCCC(F)(F)c3nc4ccc(OC(F)(F)F)cc4nc3O2)[C@@H]1C(=O)N[C@]1(C(=O)NS(=O)(=O)C2(C)CC2)C[C@H]1C(F)F. The van der Waals surface area contributed by atoms with Crippen molar-refractivity contribution in [2.75, 3.05) is 6.54 Å². The van der Waals surface area contributed by atoms with E-state index in [1.807, 2.05) is 4.72 Å². The molecule has 2 aliphatic heterocycles. The average molecular weight is 923 g/mol. The van der Waals surface area contributed by atoms with E-state index in [9.17, 15) is 49.5 Å². The predicted molar refractivity (Wildman–Crippen MR) is 207 cm³/mol. The molecule has 1 saturated heterocycles. The number of hydrogen-bond acceptors (Lipinski definition) is 11. The molecule has 1 aromatic heterocycles. The lowest BCUT2D eigenvalue weighted by atomic mass is 9.85. The second-order valence-corrected chi connectivity index (χ2v) is 20.8. The minimum atomic E-state index is -5.12. The number of sulfonamides is 1. The molecule has 0 spiro atoms. The number of nitrogens with one attached hydrogen (secondary N) is 3. The van der Waals surface area contributed by atoms with Crippen LogP contribution in [-0.2, 0) is 35.1 Å². The normalized spacial score (nSPS) is 30.7. The molecule has 7 rings (SSSR count). The number of aromatic nitrogens is 2. The first kappa shape index (κ1) is 46.3. The summed E-state index contributed by atoms with van der Waals surface area (Å²) in [4.78, 5) is 65.7. The quantitative estimate of drug-likeness (QED) is 0.269. The van der Waals surface area contributed by atoms with Crippen molar-refractivity contribution in [2.24, 2.45) is 23.2 Å². The molecule has 8 atom stereocenters. The van der Waals surface area contributed by atoms with Gasteiger partial charge in [0.25, 0.3) is 11.8 Å². The van der Waals surface area contributed by atoms with E-state index < -0.39 is 141 Å². The maximum absolute atomic E-state index is 16.4. The molecule has 2 aromatic rings. The Morgan fingerprint density at radius 3 is 2.33 bits per heavy atom. The molecule has 4 fully saturated rings. The van der Waals surface area contributed by atoms with Crippen LogP contribution in [0.5, 0.6) is 11.6 Å². The molecule has 63 heavy (non-hydrogen) atoms. The van der Waals surface area contributed by atoms with E-state index in [1.54, 1.807) is 27.7 Å². The number of alkyl halides is 7. The van der Waals surface area contributed by atoms with Gasteiger partial charge in [0.05, 0.1) is 28.2 Å². The van der Waals surface area contributed by atoms with Crippen LogP contribution in [0.2, 0.25) is 0 Å². The lowest BCUT2D eigenvalue weighted by Crippen LogP contribution is -2.61. The second-order valence-electron chi connectivity index (χ2n) is 18.6. The minimum absolute atomic E-state index is 0.0347. The fourth-order valence-corrected chi connectivity index (χ4v) is 9.81. The Morgan fingerprint density at radius 2 is 1.73 bits per heavy atom. The smallest absolute Gasteiger partial charge is 0.471 e. The van der Waals surface area contributed by atoms with E-state index in [-0.39, 0.29) is 42.6 Å². The number of halogens is 7. The molecule has 5 aliphatic rings. The number of carbonyl (C=O) groups excluding carboxylic acids is 4. The van der Waals surface area contributed by atoms with E-state index >= 15 is 8.78 Å². The predicted octanol–water partition coefficient (Wildman–Crippen LogP) is 5.85. The van der Waals surface area contributed by atoms with Gasteiger partial charge in [-0.25, -0.2) is 32.0 Å². The maximum atomic E-state index is 16.4. The number of amides is 4. The second kappa shape index (κ2) is 16.1. The minimum Gasteiger partial charge on any atom is -0.471 e. The van der Waals surface area contributed by atoms with E-state index in [4.69, 9.17) is 9.47 Å². The Balaban J connectivity index is 1.31. The van der Waals surface area contributed by atoms with Crippen LogP contribution in [0, 0.1) is 23.2 Å². The molecule has 0 radical (unpaired) electrons. The lowest BCUT2D eigenvalue weighted by molar-refractivity contribution is -0.274. The standard InChI is InChI=1S/C40H49F7N6O9S/c1-6-21-26-18-53(27(21)31(54)51-38(17-22(38)30(41)42)34(56)52-63(58,59)37(5)13-14-37)33(55)29(36(2,3)4)50-35(57)61-25-15-19(25)9-7-8-12-39(43,44)28-32(60-26)49-24-16-20(62-40(45,46)47)10-11-23(24)48-28/h10-11,16,19,21-22,25-27,29-30H,6-9,12-15,17-18H2,1-5H3,(H,50,57)(H,51,54)(H,52,56)/t19?,21-,22+,25-,26+,27+,29-,38-/m1/s1. The number of hydrogen-bond donors (Lipinski definition) is 3. The van der Waals surface area contributed by atoms with Crippen LogP contribution in [0.3, 0.4) is 0 Å². The van der Waals surface area contributed by atoms with E-state index in [0.29, 0.717) is 19.3 Å². The third kappa shape index (κ3) is 9.43. The van der Waals surface area contributed by atoms with Gasteiger partial charge in [-0.2, -0.15) is 8.78 Å². The van der Waals surface area contributed by atoms with Gasteiger partial charge in [-0.15, -0.1) is 13.2 Å². The Bertz CT molecular complexity index is 2270. The van der Waals surface area contributed by atoms with Crippen LogP contribution in [-0.4, -0.2) is 101 Å². The van der Waals surface area contributed by atoms with Crippen LogP contribution in [0.1, 0.15) is 98.1 Å². The first-order valence-corrected chi connectivity index (χ1v) is 22.2. The summed E-state index contributed by atoms with van der Waals surface area (Å²) >= 11 is 0. The van der Waals surface area contributed by atoms with E-state index in [0.717, 1.165) is 23.1 Å². The molecule has 3 aliphatic carbocycles. The van der Waals surface area contributed by atoms with Gasteiger partial charge >= 0.3 is 12.5 Å². The topological polar surface area (TPSA) is 195 Å². The fourth-order valence-electron chi connectivity index (χ4n) is 8.50. The summed E-state index contributed by atoms with van der Waals surface area (Å²) in [6, 6.07) is -0.460. The molecule has 3 heterocycles. The molecular weight excluding hydrogens is 874 g/mol. The number of nitrogens with zero attached hydrogens (tertiary/aromatic N) is 3. The summed E-state index contributed by atoms with van der Waals surface area (Å²) in [6.45, 7) is 7.13. The highest BCUT2D eigenvalue weighted by Gasteiger charge is 2.68. The molecule has 15 nitrogen and oxygen atoms in total. The summed E-state index contributed by atoms with van der Waals surface area (Å²) < 4.78 is 143. The highest BCUT2D eigenvalue weighted by Crippen LogP contribution is 2.50. The van der Waals surface area contributed by atoms with Crippen LogP contribution in [0.25, 0.3) is 11.0 Å². The Morgan fingerprint density at radius 1 is 1.03 bits per heavy atom. The van der Waals surface area contributed by atoms with Crippen molar-refractivity contribution in [3.63, 3.8) is 0 Å². The van der Waals surface area contributed by atoms with Crippen molar-refractivity contribution in [3.8, 4) is 11.6 Å². The van der Waals surface area contributed by atoms with Crippen molar-refractivity contribution < 1.29 is 72.5 Å². The molecule has 3 N–H and O–H groups in total. The van der Waals surface area contributed by atoms with E-state index in [2.05, 4.69) is 25.3 Å². The van der Waals surface area contributed by atoms with Gasteiger partial charge in [0.15, 0.2) is 5.69 Å². The van der Waals surface area contributed by atoms with Gasteiger partial charge in [0.2, 0.25) is 34.1 Å². The fraction of sp³-hybridized carbons (Fsp3) is 0.700. The first-order chi connectivity index (χ1) is 29.2. The number of benzene rings is 1. The number of carbonyl (C=O) groups is 4. The maximum Gasteiger partial charge on any atom is 0.573 e. The third-order valence-electron chi connectivity index (χ3n) is 12.8. The molecule has 2 bridgehead atoms. The van der Waals surface area contributed by atoms with Gasteiger partial charge < -0.3 is 29.7 Å². The third-order valence-corrected chi connectivity index (χ3v) is 14.9. The van der Waals surface area contributed by atoms with Crippen LogP contribution >= 0.6 is 0 Å². The molecule has 1 unspecified atom stereocenters. The van der Waals surface area contributed by atoms with Crippen molar-refractivity contribution in [2.45, 2.75) is 146 Å².